The van der Waals surface area contributed by atoms with Gasteiger partial charge in [0.1, 0.15) is 0 Å². The summed E-state index contributed by atoms with van der Waals surface area (Å²) in [7, 11) is 1.85. The number of aromatic amines is 1. The van der Waals surface area contributed by atoms with E-state index in [1.54, 1.807) is 0 Å². The molecule has 0 radical (unpaired) electrons. The quantitative estimate of drug-likeness (QED) is 0.730. The van der Waals surface area contributed by atoms with E-state index in [4.69, 9.17) is 0 Å². The fraction of sp³-hybridized carbons (Fsp3) is 0.333. The second-order valence-corrected chi connectivity index (χ2v) is 2.87. The maximum atomic E-state index is 4.40. The molecule has 0 atom stereocenters. The van der Waals surface area contributed by atoms with Crippen LogP contribution in [0.1, 0.15) is 12.6 Å². The van der Waals surface area contributed by atoms with Crippen LogP contribution in [0.15, 0.2) is 12.1 Å². The van der Waals surface area contributed by atoms with Gasteiger partial charge in [0, 0.05) is 12.7 Å². The van der Waals surface area contributed by atoms with E-state index < -0.39 is 0 Å². The van der Waals surface area contributed by atoms with Crippen molar-refractivity contribution in [3.05, 3.63) is 17.8 Å². The zero-order chi connectivity index (χ0) is 9.26. The van der Waals surface area contributed by atoms with E-state index in [1.807, 2.05) is 19.2 Å². The lowest BCUT2D eigenvalue weighted by atomic mass is 10.2. The number of fused-ring (bicyclic) bond motifs is 1. The highest BCUT2D eigenvalue weighted by atomic mass is 15.2. The summed E-state index contributed by atoms with van der Waals surface area (Å²) in [6.45, 7) is 2.09. The number of nitrogens with one attached hydrogen (secondary N) is 2. The standard InChI is InChI=1S/C9H12N4/c1-3-6-4-5-7-8(10-2)12-13-9(7)11-6/h4-5H,3H2,1-2H3,(H2,10,11,12,13). The average molecular weight is 176 g/mol. The van der Waals surface area contributed by atoms with Crippen LogP contribution in [0.4, 0.5) is 5.82 Å². The Balaban J connectivity index is 2.61. The summed E-state index contributed by atoms with van der Waals surface area (Å²) >= 11 is 0. The number of hydrogen-bond donors (Lipinski definition) is 2. The molecule has 0 aliphatic carbocycles. The minimum absolute atomic E-state index is 0.851. The van der Waals surface area contributed by atoms with Crippen molar-refractivity contribution in [1.82, 2.24) is 15.2 Å². The summed E-state index contributed by atoms with van der Waals surface area (Å²) < 4.78 is 0. The van der Waals surface area contributed by atoms with Gasteiger partial charge in [-0.1, -0.05) is 6.92 Å². The zero-order valence-electron chi connectivity index (χ0n) is 7.76. The van der Waals surface area contributed by atoms with Crippen molar-refractivity contribution in [2.45, 2.75) is 13.3 Å². The van der Waals surface area contributed by atoms with E-state index in [2.05, 4.69) is 27.4 Å². The molecule has 0 spiro atoms. The van der Waals surface area contributed by atoms with Crippen LogP contribution < -0.4 is 5.32 Å². The van der Waals surface area contributed by atoms with E-state index in [-0.39, 0.29) is 0 Å². The Bertz CT molecular complexity index is 418. The maximum Gasteiger partial charge on any atom is 0.157 e. The van der Waals surface area contributed by atoms with E-state index in [1.165, 1.54) is 0 Å². The summed E-state index contributed by atoms with van der Waals surface area (Å²) in [5.41, 5.74) is 1.93. The first-order valence-corrected chi connectivity index (χ1v) is 4.37. The fourth-order valence-corrected chi connectivity index (χ4v) is 1.33. The highest BCUT2D eigenvalue weighted by Crippen LogP contribution is 2.18. The SMILES string of the molecule is CCc1ccc2c(NC)n[nH]c2n1. The van der Waals surface area contributed by atoms with Crippen molar-refractivity contribution in [3.63, 3.8) is 0 Å². The van der Waals surface area contributed by atoms with Crippen LogP contribution in [0.25, 0.3) is 11.0 Å². The number of aromatic nitrogens is 3. The molecule has 2 heterocycles. The topological polar surface area (TPSA) is 53.6 Å². The average Bonchev–Trinajstić information content (AvgIpc) is 2.59. The van der Waals surface area contributed by atoms with Crippen molar-refractivity contribution in [3.8, 4) is 0 Å². The molecule has 4 heteroatoms. The Labute approximate surface area is 76.4 Å². The number of anilines is 1. The van der Waals surface area contributed by atoms with Crippen molar-refractivity contribution in [2.24, 2.45) is 0 Å². The van der Waals surface area contributed by atoms with Gasteiger partial charge in [0.05, 0.1) is 5.39 Å². The minimum atomic E-state index is 0.851. The monoisotopic (exact) mass is 176 g/mol. The van der Waals surface area contributed by atoms with Gasteiger partial charge in [-0.15, -0.1) is 0 Å². The zero-order valence-corrected chi connectivity index (χ0v) is 7.76. The number of rotatable bonds is 2. The highest BCUT2D eigenvalue weighted by Gasteiger charge is 2.04. The maximum absolute atomic E-state index is 4.40. The van der Waals surface area contributed by atoms with Crippen LogP contribution in [-0.2, 0) is 6.42 Å². The molecule has 13 heavy (non-hydrogen) atoms. The minimum Gasteiger partial charge on any atom is -0.371 e. The number of pyridine rings is 1. The fourth-order valence-electron chi connectivity index (χ4n) is 1.33. The van der Waals surface area contributed by atoms with Gasteiger partial charge in [-0.05, 0) is 18.6 Å². The van der Waals surface area contributed by atoms with Crippen LogP contribution in [0.3, 0.4) is 0 Å². The van der Waals surface area contributed by atoms with E-state index >= 15 is 0 Å². The molecule has 0 bridgehead atoms. The third-order valence-electron chi connectivity index (χ3n) is 2.08. The molecule has 0 fully saturated rings. The summed E-state index contributed by atoms with van der Waals surface area (Å²) in [5, 5.41) is 11.0. The molecule has 2 aromatic rings. The van der Waals surface area contributed by atoms with Gasteiger partial charge in [-0.3, -0.25) is 5.10 Å². The number of aryl methyl sites for hydroxylation is 1. The molecule has 0 aliphatic heterocycles. The largest absolute Gasteiger partial charge is 0.371 e. The molecule has 0 amide bonds. The molecule has 68 valence electrons. The normalized spacial score (nSPS) is 10.6. The van der Waals surface area contributed by atoms with Gasteiger partial charge >= 0.3 is 0 Å². The Morgan fingerprint density at radius 2 is 2.31 bits per heavy atom. The second-order valence-electron chi connectivity index (χ2n) is 2.87. The van der Waals surface area contributed by atoms with E-state index in [0.29, 0.717) is 0 Å². The van der Waals surface area contributed by atoms with Crippen molar-refractivity contribution in [2.75, 3.05) is 12.4 Å². The van der Waals surface area contributed by atoms with Gasteiger partial charge in [-0.2, -0.15) is 5.10 Å². The second kappa shape index (κ2) is 3.05. The van der Waals surface area contributed by atoms with Crippen LogP contribution in [0.5, 0.6) is 0 Å². The van der Waals surface area contributed by atoms with E-state index in [9.17, 15) is 0 Å². The first-order chi connectivity index (χ1) is 6.35. The summed E-state index contributed by atoms with van der Waals surface area (Å²) in [5.74, 6) is 0.852. The van der Waals surface area contributed by atoms with Gasteiger partial charge in [0.25, 0.3) is 0 Å². The summed E-state index contributed by atoms with van der Waals surface area (Å²) in [6.07, 6.45) is 0.948. The Kier molecular flexibility index (Phi) is 1.88. The first kappa shape index (κ1) is 8.04. The van der Waals surface area contributed by atoms with Crippen LogP contribution in [-0.4, -0.2) is 22.2 Å². The molecule has 4 nitrogen and oxygen atoms in total. The Morgan fingerprint density at radius 1 is 1.46 bits per heavy atom. The van der Waals surface area contributed by atoms with Crippen LogP contribution in [0, 0.1) is 0 Å². The molecule has 0 unspecified atom stereocenters. The molecule has 2 N–H and O–H groups in total. The van der Waals surface area contributed by atoms with Crippen molar-refractivity contribution in [1.29, 1.82) is 0 Å². The molecular weight excluding hydrogens is 164 g/mol. The van der Waals surface area contributed by atoms with E-state index in [0.717, 1.165) is 29.0 Å². The molecule has 2 aromatic heterocycles. The lowest BCUT2D eigenvalue weighted by Gasteiger charge is -1.96. The summed E-state index contributed by atoms with van der Waals surface area (Å²) in [6, 6.07) is 4.06. The summed E-state index contributed by atoms with van der Waals surface area (Å²) in [4.78, 5) is 4.40. The Morgan fingerprint density at radius 3 is 3.00 bits per heavy atom. The molecule has 0 saturated heterocycles. The Hall–Kier alpha value is -1.58. The molecule has 0 saturated carbocycles. The van der Waals surface area contributed by atoms with Gasteiger partial charge in [0.15, 0.2) is 11.5 Å². The lowest BCUT2D eigenvalue weighted by molar-refractivity contribution is 1.03. The molecule has 2 rings (SSSR count). The van der Waals surface area contributed by atoms with Gasteiger partial charge in [0.2, 0.25) is 0 Å². The smallest absolute Gasteiger partial charge is 0.157 e. The number of hydrogen-bond acceptors (Lipinski definition) is 3. The first-order valence-electron chi connectivity index (χ1n) is 4.37. The third kappa shape index (κ3) is 1.24. The predicted octanol–water partition coefficient (Wildman–Crippen LogP) is 1.56. The molecule has 0 aromatic carbocycles. The van der Waals surface area contributed by atoms with Gasteiger partial charge in [-0.25, -0.2) is 4.98 Å². The number of nitrogens with zero attached hydrogens (tertiary/aromatic N) is 2. The molecule has 0 aliphatic rings. The lowest BCUT2D eigenvalue weighted by Crippen LogP contribution is -1.88. The van der Waals surface area contributed by atoms with Gasteiger partial charge < -0.3 is 5.32 Å². The van der Waals surface area contributed by atoms with Crippen LogP contribution in [0.2, 0.25) is 0 Å². The predicted molar refractivity (Wildman–Crippen MR) is 52.8 cm³/mol. The third-order valence-corrected chi connectivity index (χ3v) is 2.08. The number of H-pyrrole nitrogens is 1. The van der Waals surface area contributed by atoms with Crippen molar-refractivity contribution < 1.29 is 0 Å². The highest BCUT2D eigenvalue weighted by molar-refractivity contribution is 5.86. The van der Waals surface area contributed by atoms with Crippen LogP contribution >= 0.6 is 0 Å². The molecular formula is C9H12N4. The van der Waals surface area contributed by atoms with Crippen molar-refractivity contribution >= 4 is 16.9 Å².